The molecule has 0 radical (unpaired) electrons. The molecule has 0 aliphatic carbocycles. The Labute approximate surface area is 119 Å². The molecule has 1 aromatic rings. The molecule has 1 amide bonds. The van der Waals surface area contributed by atoms with E-state index >= 15 is 0 Å². The summed E-state index contributed by atoms with van der Waals surface area (Å²) in [6.45, 7) is 2.61. The van der Waals surface area contributed by atoms with Crippen LogP contribution in [0, 0.1) is 0 Å². The molecule has 2 aliphatic rings. The van der Waals surface area contributed by atoms with Crippen LogP contribution in [0.1, 0.15) is 6.92 Å². The summed E-state index contributed by atoms with van der Waals surface area (Å²) in [6.07, 6.45) is 3.50. The second-order valence-corrected chi connectivity index (χ2v) is 5.90. The number of hydrogen-bond donors (Lipinski definition) is 5. The van der Waals surface area contributed by atoms with E-state index < -0.39 is 5.79 Å². The molecule has 0 fully saturated rings. The predicted octanol–water partition coefficient (Wildman–Crippen LogP) is -1.77. The maximum absolute atomic E-state index is 12.2. The highest BCUT2D eigenvalue weighted by molar-refractivity contribution is 8.04. The van der Waals surface area contributed by atoms with Gasteiger partial charge in [0, 0.05) is 24.7 Å². The number of rotatable bonds is 2. The summed E-state index contributed by atoms with van der Waals surface area (Å²) in [6, 6.07) is 1.84. The molecule has 0 bridgehead atoms. The number of nitrogens with zero attached hydrogens (tertiary/aromatic N) is 1. The third kappa shape index (κ3) is 2.52. The summed E-state index contributed by atoms with van der Waals surface area (Å²) < 4.78 is 0. The van der Waals surface area contributed by atoms with Crippen LogP contribution in [0.5, 0.6) is 0 Å². The van der Waals surface area contributed by atoms with Crippen LogP contribution in [0.25, 0.3) is 5.82 Å². The van der Waals surface area contributed by atoms with Gasteiger partial charge in [-0.25, -0.2) is 4.99 Å². The fourth-order valence-electron chi connectivity index (χ4n) is 2.07. The Morgan fingerprint density at radius 2 is 2.45 bits per heavy atom. The van der Waals surface area contributed by atoms with Crippen LogP contribution < -0.4 is 32.4 Å². The fraction of sp³-hybridized carbons (Fsp3) is 0.333. The molecule has 8 heteroatoms. The van der Waals surface area contributed by atoms with Crippen molar-refractivity contribution in [1.29, 1.82) is 0 Å². The first-order valence-corrected chi connectivity index (χ1v) is 7.26. The highest BCUT2D eigenvalue weighted by Gasteiger charge is 2.24. The Kier molecular flexibility index (Phi) is 3.19. The van der Waals surface area contributed by atoms with Crippen molar-refractivity contribution in [2.75, 3.05) is 12.3 Å². The number of H-pyrrole nitrogens is 1. The molecule has 3 heterocycles. The van der Waals surface area contributed by atoms with Gasteiger partial charge in [-0.15, -0.1) is 11.8 Å². The lowest BCUT2D eigenvalue weighted by atomic mass is 10.3. The lowest BCUT2D eigenvalue weighted by Crippen LogP contribution is -2.58. The Hall–Kier alpha value is -1.93. The van der Waals surface area contributed by atoms with Crippen LogP contribution in [-0.4, -0.2) is 29.0 Å². The second-order valence-electron chi connectivity index (χ2n) is 4.76. The standard InChI is InChI=1S/C12H16N6OS/c1-12(13)17-9-7(2-3-15-9)10(18-12)16-11(19)8-6-14-4-5-20-8/h2-3,6,14,18H,4-5,13H2,1H3,(H,15,17)(H,16,19)/t12-/m0/s1. The van der Waals surface area contributed by atoms with E-state index in [0.717, 1.165) is 17.5 Å². The van der Waals surface area contributed by atoms with Gasteiger partial charge in [-0.2, -0.15) is 0 Å². The van der Waals surface area contributed by atoms with Crippen molar-refractivity contribution in [2.24, 2.45) is 10.7 Å². The van der Waals surface area contributed by atoms with Crippen molar-refractivity contribution in [3.8, 4) is 0 Å². The van der Waals surface area contributed by atoms with Gasteiger partial charge >= 0.3 is 0 Å². The summed E-state index contributed by atoms with van der Waals surface area (Å²) in [7, 11) is 0. The average molecular weight is 292 g/mol. The van der Waals surface area contributed by atoms with Crippen molar-refractivity contribution >= 4 is 23.5 Å². The SMILES string of the molecule is C[C@]1(N)N=c2[nH]ccc2=C(NC(=O)C2=CNCCS2)N1. The minimum absolute atomic E-state index is 0.158. The predicted molar refractivity (Wildman–Crippen MR) is 77.4 cm³/mol. The maximum Gasteiger partial charge on any atom is 0.264 e. The summed E-state index contributed by atoms with van der Waals surface area (Å²) in [5.74, 6) is 0.335. The molecule has 0 saturated carbocycles. The number of nitrogens with one attached hydrogen (secondary N) is 4. The number of carbonyl (C=O) groups excluding carboxylic acids is 1. The lowest BCUT2D eigenvalue weighted by Gasteiger charge is -2.27. The molecule has 0 saturated heterocycles. The Morgan fingerprint density at radius 3 is 3.20 bits per heavy atom. The van der Waals surface area contributed by atoms with Crippen molar-refractivity contribution < 1.29 is 4.79 Å². The highest BCUT2D eigenvalue weighted by Crippen LogP contribution is 2.17. The van der Waals surface area contributed by atoms with Gasteiger partial charge in [0.1, 0.15) is 11.3 Å². The molecule has 2 aliphatic heterocycles. The normalized spacial score (nSPS) is 24.7. The minimum atomic E-state index is -0.952. The van der Waals surface area contributed by atoms with Gasteiger partial charge in [0.25, 0.3) is 5.91 Å². The Morgan fingerprint density at radius 1 is 1.60 bits per heavy atom. The fourth-order valence-corrected chi connectivity index (χ4v) is 2.86. The molecule has 106 valence electrons. The topological polar surface area (TPSA) is 107 Å². The molecule has 3 rings (SSSR count). The molecule has 1 atom stereocenters. The van der Waals surface area contributed by atoms with E-state index in [1.54, 1.807) is 19.3 Å². The summed E-state index contributed by atoms with van der Waals surface area (Å²) in [4.78, 5) is 20.2. The van der Waals surface area contributed by atoms with Crippen LogP contribution in [-0.2, 0) is 4.79 Å². The second kappa shape index (κ2) is 4.88. The molecule has 6 N–H and O–H groups in total. The van der Waals surface area contributed by atoms with Gasteiger partial charge in [0.2, 0.25) is 0 Å². The van der Waals surface area contributed by atoms with E-state index in [9.17, 15) is 4.79 Å². The van der Waals surface area contributed by atoms with Gasteiger partial charge in [-0.3, -0.25) is 10.5 Å². The zero-order chi connectivity index (χ0) is 14.2. The summed E-state index contributed by atoms with van der Waals surface area (Å²) in [5.41, 5.74) is 6.65. The summed E-state index contributed by atoms with van der Waals surface area (Å²) in [5, 5.41) is 9.75. The van der Waals surface area contributed by atoms with Crippen molar-refractivity contribution in [3.05, 3.63) is 34.1 Å². The number of amides is 1. The van der Waals surface area contributed by atoms with E-state index in [1.807, 2.05) is 6.07 Å². The van der Waals surface area contributed by atoms with Gasteiger partial charge < -0.3 is 20.9 Å². The van der Waals surface area contributed by atoms with Gasteiger partial charge in [0.05, 0.1) is 10.1 Å². The number of carbonyl (C=O) groups is 1. The number of hydrogen-bond acceptors (Lipinski definition) is 6. The van der Waals surface area contributed by atoms with Crippen LogP contribution in [0.4, 0.5) is 0 Å². The van der Waals surface area contributed by atoms with Crippen molar-refractivity contribution in [2.45, 2.75) is 12.7 Å². The van der Waals surface area contributed by atoms with Crippen LogP contribution in [0.15, 0.2) is 28.4 Å². The molecule has 0 unspecified atom stereocenters. The van der Waals surface area contributed by atoms with Gasteiger partial charge in [-0.1, -0.05) is 0 Å². The first kappa shape index (κ1) is 13.1. The Balaban J connectivity index is 1.91. The third-order valence-corrected chi connectivity index (χ3v) is 3.94. The first-order chi connectivity index (χ1) is 9.55. The number of nitrogens with two attached hydrogens (primary N) is 1. The molecular weight excluding hydrogens is 276 g/mol. The van der Waals surface area contributed by atoms with Crippen molar-refractivity contribution in [1.82, 2.24) is 20.9 Å². The zero-order valence-electron chi connectivity index (χ0n) is 11.0. The number of aromatic amines is 1. The van der Waals surface area contributed by atoms with Crippen LogP contribution >= 0.6 is 11.8 Å². The molecule has 1 aromatic heterocycles. The summed E-state index contributed by atoms with van der Waals surface area (Å²) >= 11 is 1.53. The number of fused-ring (bicyclic) bond motifs is 1. The Bertz CT molecular complexity index is 689. The number of thioether (sulfide) groups is 1. The van der Waals surface area contributed by atoms with Gasteiger partial charge in [0.15, 0.2) is 5.79 Å². The van der Waals surface area contributed by atoms with Crippen LogP contribution in [0.2, 0.25) is 0 Å². The maximum atomic E-state index is 12.2. The third-order valence-electron chi connectivity index (χ3n) is 2.92. The smallest absolute Gasteiger partial charge is 0.264 e. The average Bonchev–Trinajstić information content (AvgIpc) is 2.86. The van der Waals surface area contributed by atoms with E-state index in [1.165, 1.54) is 11.8 Å². The molecule has 7 nitrogen and oxygen atoms in total. The highest BCUT2D eigenvalue weighted by atomic mass is 32.2. The quantitative estimate of drug-likeness (QED) is 0.443. The minimum Gasteiger partial charge on any atom is -0.389 e. The monoisotopic (exact) mass is 292 g/mol. The number of aromatic nitrogens is 1. The molecule has 0 spiro atoms. The van der Waals surface area contributed by atoms with E-state index in [0.29, 0.717) is 16.2 Å². The molecule has 20 heavy (non-hydrogen) atoms. The van der Waals surface area contributed by atoms with E-state index in [-0.39, 0.29) is 5.91 Å². The van der Waals surface area contributed by atoms with Gasteiger partial charge in [-0.05, 0) is 13.0 Å². The first-order valence-electron chi connectivity index (χ1n) is 6.27. The zero-order valence-corrected chi connectivity index (χ0v) is 11.8. The largest absolute Gasteiger partial charge is 0.389 e. The van der Waals surface area contributed by atoms with E-state index in [4.69, 9.17) is 5.73 Å². The van der Waals surface area contributed by atoms with Crippen molar-refractivity contribution in [3.63, 3.8) is 0 Å². The lowest BCUT2D eigenvalue weighted by molar-refractivity contribution is -0.115. The van der Waals surface area contributed by atoms with Crippen LogP contribution in [0.3, 0.4) is 0 Å². The molecular formula is C12H16N6OS. The molecule has 0 aromatic carbocycles. The van der Waals surface area contributed by atoms with E-state index in [2.05, 4.69) is 25.9 Å².